The molecule has 0 radical (unpaired) electrons. The number of carbonyl (C=O) groups excluding carboxylic acids is 1. The molecule has 2 aliphatic rings. The molecule has 1 amide bonds. The smallest absolute Gasteiger partial charge is 0.255 e. The van der Waals surface area contributed by atoms with E-state index < -0.39 is 0 Å². The van der Waals surface area contributed by atoms with Gasteiger partial charge in [-0.1, -0.05) is 13.0 Å². The van der Waals surface area contributed by atoms with Crippen molar-refractivity contribution in [3.63, 3.8) is 0 Å². The van der Waals surface area contributed by atoms with E-state index in [0.29, 0.717) is 25.0 Å². The van der Waals surface area contributed by atoms with Crippen molar-refractivity contribution in [2.75, 3.05) is 6.61 Å². The summed E-state index contributed by atoms with van der Waals surface area (Å²) in [4.78, 5) is 13.0. The largest absolute Gasteiger partial charge is 0.493 e. The number of aliphatic hydroxyl groups excluding tert-OH is 1. The van der Waals surface area contributed by atoms with Gasteiger partial charge in [0, 0.05) is 19.2 Å². The van der Waals surface area contributed by atoms with Gasteiger partial charge in [-0.2, -0.15) is 5.10 Å². The molecule has 4 rings (SSSR count). The second kappa shape index (κ2) is 7.35. The van der Waals surface area contributed by atoms with Crippen molar-refractivity contribution >= 4 is 5.91 Å². The Morgan fingerprint density at radius 1 is 1.44 bits per heavy atom. The highest BCUT2D eigenvalue weighted by molar-refractivity contribution is 5.95. The topological polar surface area (TPSA) is 76.4 Å². The van der Waals surface area contributed by atoms with Gasteiger partial charge >= 0.3 is 0 Å². The molecule has 1 saturated carbocycles. The highest BCUT2D eigenvalue weighted by Crippen LogP contribution is 2.40. The molecule has 27 heavy (non-hydrogen) atoms. The number of aromatic nitrogens is 2. The van der Waals surface area contributed by atoms with Gasteiger partial charge in [0.15, 0.2) is 0 Å². The summed E-state index contributed by atoms with van der Waals surface area (Å²) < 4.78 is 7.44. The zero-order valence-electron chi connectivity index (χ0n) is 15.9. The first-order valence-electron chi connectivity index (χ1n) is 9.83. The van der Waals surface area contributed by atoms with Crippen molar-refractivity contribution in [2.45, 2.75) is 58.2 Å². The van der Waals surface area contributed by atoms with Crippen molar-refractivity contribution < 1.29 is 14.6 Å². The second-order valence-corrected chi connectivity index (χ2v) is 7.69. The average Bonchev–Trinajstić information content (AvgIpc) is 3.23. The maximum Gasteiger partial charge on any atom is 0.255 e. The van der Waals surface area contributed by atoms with Crippen LogP contribution in [-0.4, -0.2) is 33.5 Å². The molecule has 0 spiro atoms. The molecule has 1 aromatic carbocycles. The van der Waals surface area contributed by atoms with Gasteiger partial charge in [-0.3, -0.25) is 9.48 Å². The van der Waals surface area contributed by atoms with E-state index in [1.165, 1.54) is 5.56 Å². The van der Waals surface area contributed by atoms with Gasteiger partial charge in [-0.05, 0) is 55.4 Å². The molecule has 1 atom stereocenters. The summed E-state index contributed by atoms with van der Waals surface area (Å²) in [5.41, 5.74) is 3.65. The molecular formula is C21H27N3O3. The van der Waals surface area contributed by atoms with Gasteiger partial charge in [0.25, 0.3) is 5.91 Å². The van der Waals surface area contributed by atoms with Crippen molar-refractivity contribution in [1.29, 1.82) is 0 Å². The molecule has 0 saturated heterocycles. The summed E-state index contributed by atoms with van der Waals surface area (Å²) >= 11 is 0. The van der Waals surface area contributed by atoms with E-state index in [1.807, 2.05) is 29.9 Å². The Bertz CT molecular complexity index is 839. The van der Waals surface area contributed by atoms with Crippen molar-refractivity contribution in [3.05, 3.63) is 46.8 Å². The average molecular weight is 369 g/mol. The Labute approximate surface area is 159 Å². The van der Waals surface area contributed by atoms with E-state index >= 15 is 0 Å². The van der Waals surface area contributed by atoms with Gasteiger partial charge in [-0.25, -0.2) is 0 Å². The number of fused-ring (bicyclic) bond motifs is 1. The van der Waals surface area contributed by atoms with Crippen LogP contribution in [0.5, 0.6) is 5.75 Å². The zero-order chi connectivity index (χ0) is 19.0. The number of aliphatic hydroxyl groups is 1. The molecular weight excluding hydrogens is 342 g/mol. The predicted molar refractivity (Wildman–Crippen MR) is 102 cm³/mol. The van der Waals surface area contributed by atoms with Crippen LogP contribution in [0.1, 0.15) is 59.4 Å². The van der Waals surface area contributed by atoms with Crippen molar-refractivity contribution in [1.82, 2.24) is 15.1 Å². The van der Waals surface area contributed by atoms with Gasteiger partial charge in [-0.15, -0.1) is 0 Å². The lowest BCUT2D eigenvalue weighted by Gasteiger charge is -2.38. The van der Waals surface area contributed by atoms with Crippen LogP contribution in [0.3, 0.4) is 0 Å². The molecule has 6 heteroatoms. The summed E-state index contributed by atoms with van der Waals surface area (Å²) in [6.45, 7) is 5.48. The van der Waals surface area contributed by atoms with Crippen molar-refractivity contribution in [3.8, 4) is 5.75 Å². The molecule has 2 aromatic rings. The third-order valence-corrected chi connectivity index (χ3v) is 5.62. The van der Waals surface area contributed by atoms with Gasteiger partial charge in [0.05, 0.1) is 30.0 Å². The van der Waals surface area contributed by atoms with Crippen LogP contribution >= 0.6 is 0 Å². The summed E-state index contributed by atoms with van der Waals surface area (Å²) in [6, 6.07) is 6.07. The number of nitrogens with one attached hydrogen (secondary N) is 1. The van der Waals surface area contributed by atoms with Gasteiger partial charge in [0.2, 0.25) is 0 Å². The van der Waals surface area contributed by atoms with E-state index in [1.54, 1.807) is 0 Å². The standard InChI is InChI=1S/C21H27N3O3/c1-3-7-24-12-18(13(2)23-24)21(26)22-20(16-10-17(25)11-16)15-4-5-19-14(9-15)6-8-27-19/h4-5,9,12,16-17,20,25H,3,6-8,10-11H2,1-2H3,(H,22,26)/t16?,17?,20-/m1/s1. The Balaban J connectivity index is 1.57. The van der Waals surface area contributed by atoms with Crippen LogP contribution in [0, 0.1) is 12.8 Å². The lowest BCUT2D eigenvalue weighted by molar-refractivity contribution is 0.0235. The lowest BCUT2D eigenvalue weighted by atomic mass is 9.74. The zero-order valence-corrected chi connectivity index (χ0v) is 15.9. The number of carbonyl (C=O) groups is 1. The first kappa shape index (κ1) is 18.0. The normalized spacial score (nSPS) is 21.9. The maximum atomic E-state index is 13.0. The number of rotatable bonds is 6. The molecule has 1 aromatic heterocycles. The predicted octanol–water partition coefficient (Wildman–Crippen LogP) is 2.78. The third kappa shape index (κ3) is 3.58. The van der Waals surface area contributed by atoms with Crippen LogP contribution < -0.4 is 10.1 Å². The summed E-state index contributed by atoms with van der Waals surface area (Å²) in [6.07, 6.45) is 4.87. The van der Waals surface area contributed by atoms with Crippen LogP contribution in [0.25, 0.3) is 0 Å². The number of amides is 1. The Morgan fingerprint density at radius 3 is 3.00 bits per heavy atom. The molecule has 1 aliphatic carbocycles. The van der Waals surface area contributed by atoms with Crippen LogP contribution in [0.2, 0.25) is 0 Å². The number of ether oxygens (including phenoxy) is 1. The van der Waals surface area contributed by atoms with E-state index in [-0.39, 0.29) is 24.0 Å². The fourth-order valence-electron chi connectivity index (χ4n) is 4.08. The number of aryl methyl sites for hydroxylation is 2. The van der Waals surface area contributed by atoms with Crippen LogP contribution in [0.4, 0.5) is 0 Å². The molecule has 6 nitrogen and oxygen atoms in total. The highest BCUT2D eigenvalue weighted by atomic mass is 16.5. The van der Waals surface area contributed by atoms with Gasteiger partial charge < -0.3 is 15.2 Å². The van der Waals surface area contributed by atoms with E-state index in [9.17, 15) is 9.90 Å². The summed E-state index contributed by atoms with van der Waals surface area (Å²) in [5.74, 6) is 1.09. The van der Waals surface area contributed by atoms with E-state index in [4.69, 9.17) is 4.74 Å². The number of hydrogen-bond acceptors (Lipinski definition) is 4. The van der Waals surface area contributed by atoms with E-state index in [0.717, 1.165) is 36.4 Å². The minimum atomic E-state index is -0.263. The molecule has 0 bridgehead atoms. The first-order chi connectivity index (χ1) is 13.0. The van der Waals surface area contributed by atoms with Crippen LogP contribution in [0.15, 0.2) is 24.4 Å². The fourth-order valence-corrected chi connectivity index (χ4v) is 4.08. The maximum absolute atomic E-state index is 13.0. The van der Waals surface area contributed by atoms with Crippen molar-refractivity contribution in [2.24, 2.45) is 5.92 Å². The molecule has 1 fully saturated rings. The number of hydrogen-bond donors (Lipinski definition) is 2. The molecule has 144 valence electrons. The lowest BCUT2D eigenvalue weighted by Crippen LogP contribution is -2.41. The van der Waals surface area contributed by atoms with Crippen LogP contribution in [-0.2, 0) is 13.0 Å². The second-order valence-electron chi connectivity index (χ2n) is 7.69. The highest BCUT2D eigenvalue weighted by Gasteiger charge is 2.36. The minimum Gasteiger partial charge on any atom is -0.493 e. The first-order valence-corrected chi connectivity index (χ1v) is 9.83. The SMILES string of the molecule is CCCn1cc(C(=O)N[C@H](c2ccc3c(c2)CCO3)C2CC(O)C2)c(C)n1. The summed E-state index contributed by atoms with van der Waals surface area (Å²) in [5, 5.41) is 17.4. The molecule has 1 aliphatic heterocycles. The Kier molecular flexibility index (Phi) is 4.91. The number of nitrogens with zero attached hydrogens (tertiary/aromatic N) is 2. The Hall–Kier alpha value is -2.34. The van der Waals surface area contributed by atoms with E-state index in [2.05, 4.69) is 23.4 Å². The molecule has 0 unspecified atom stereocenters. The quantitative estimate of drug-likeness (QED) is 0.821. The molecule has 2 N–H and O–H groups in total. The summed E-state index contributed by atoms with van der Waals surface area (Å²) in [7, 11) is 0. The fraction of sp³-hybridized carbons (Fsp3) is 0.524. The van der Waals surface area contributed by atoms with Gasteiger partial charge in [0.1, 0.15) is 5.75 Å². The molecule has 2 heterocycles. The number of benzene rings is 1. The monoisotopic (exact) mass is 369 g/mol. The minimum absolute atomic E-state index is 0.0991. The third-order valence-electron chi connectivity index (χ3n) is 5.62. The Morgan fingerprint density at radius 2 is 2.26 bits per heavy atom.